The van der Waals surface area contributed by atoms with Gasteiger partial charge >= 0.3 is 0 Å². The summed E-state index contributed by atoms with van der Waals surface area (Å²) in [5.74, 6) is 1.46. The molecule has 0 spiro atoms. The highest BCUT2D eigenvalue weighted by molar-refractivity contribution is 7.15. The molecule has 30 heavy (non-hydrogen) atoms. The molecule has 0 unspecified atom stereocenters. The Morgan fingerprint density at radius 2 is 1.93 bits per heavy atom. The Morgan fingerprint density at radius 1 is 1.13 bits per heavy atom. The van der Waals surface area contributed by atoms with Crippen molar-refractivity contribution in [2.75, 3.05) is 18.4 Å². The number of para-hydroxylation sites is 1. The second kappa shape index (κ2) is 8.70. The predicted molar refractivity (Wildman–Crippen MR) is 117 cm³/mol. The van der Waals surface area contributed by atoms with E-state index >= 15 is 0 Å². The zero-order valence-corrected chi connectivity index (χ0v) is 17.8. The first-order chi connectivity index (χ1) is 14.7. The van der Waals surface area contributed by atoms with E-state index in [-0.39, 0.29) is 11.8 Å². The van der Waals surface area contributed by atoms with Gasteiger partial charge in [-0.05, 0) is 75.4 Å². The van der Waals surface area contributed by atoms with E-state index in [1.54, 1.807) is 11.3 Å². The molecule has 1 aromatic carbocycles. The van der Waals surface area contributed by atoms with E-state index in [1.807, 2.05) is 30.3 Å². The van der Waals surface area contributed by atoms with Crippen LogP contribution in [0.2, 0.25) is 0 Å². The number of amides is 1. The lowest BCUT2D eigenvalue weighted by Gasteiger charge is -2.30. The first-order valence-corrected chi connectivity index (χ1v) is 11.6. The van der Waals surface area contributed by atoms with Gasteiger partial charge in [0.15, 0.2) is 0 Å². The Labute approximate surface area is 180 Å². The van der Waals surface area contributed by atoms with Crippen molar-refractivity contribution < 1.29 is 9.21 Å². The maximum absolute atomic E-state index is 12.5. The minimum absolute atomic E-state index is 0.0529. The van der Waals surface area contributed by atoms with E-state index in [4.69, 9.17) is 4.42 Å². The number of carbonyl (C=O) groups is 1. The summed E-state index contributed by atoms with van der Waals surface area (Å²) in [7, 11) is 0. The zero-order chi connectivity index (χ0) is 20.3. The van der Waals surface area contributed by atoms with Crippen LogP contribution in [-0.4, -0.2) is 34.1 Å². The van der Waals surface area contributed by atoms with Gasteiger partial charge in [0.1, 0.15) is 0 Å². The van der Waals surface area contributed by atoms with Crippen LogP contribution in [0.3, 0.4) is 0 Å². The molecule has 0 bridgehead atoms. The van der Waals surface area contributed by atoms with Crippen LogP contribution in [0.4, 0.5) is 5.69 Å². The van der Waals surface area contributed by atoms with Crippen LogP contribution in [0.15, 0.2) is 40.8 Å². The van der Waals surface area contributed by atoms with Crippen LogP contribution >= 0.6 is 11.3 Å². The van der Waals surface area contributed by atoms with Crippen molar-refractivity contribution in [1.82, 2.24) is 15.1 Å². The number of rotatable bonds is 5. The quantitative estimate of drug-likeness (QED) is 0.654. The van der Waals surface area contributed by atoms with Crippen LogP contribution < -0.4 is 5.32 Å². The molecule has 7 heteroatoms. The number of hydrogen-bond acceptors (Lipinski definition) is 6. The fraction of sp³-hybridized carbons (Fsp3) is 0.435. The molecule has 1 N–H and O–H groups in total. The average Bonchev–Trinajstić information content (AvgIpc) is 3.42. The topological polar surface area (TPSA) is 71.3 Å². The van der Waals surface area contributed by atoms with Gasteiger partial charge in [0.2, 0.25) is 11.8 Å². The maximum atomic E-state index is 12.5. The van der Waals surface area contributed by atoms with E-state index < -0.39 is 0 Å². The van der Waals surface area contributed by atoms with Gasteiger partial charge in [-0.15, -0.1) is 21.5 Å². The molecule has 5 rings (SSSR count). The van der Waals surface area contributed by atoms with E-state index in [0.29, 0.717) is 18.3 Å². The van der Waals surface area contributed by atoms with Crippen LogP contribution in [0.1, 0.15) is 42.0 Å². The number of anilines is 1. The number of likely N-dealkylation sites (tertiary alicyclic amines) is 1. The van der Waals surface area contributed by atoms with Crippen LogP contribution in [0.5, 0.6) is 0 Å². The molecule has 3 heterocycles. The van der Waals surface area contributed by atoms with Crippen molar-refractivity contribution in [2.24, 2.45) is 5.92 Å². The molecule has 0 atom stereocenters. The molecule has 1 amide bonds. The smallest absolute Gasteiger partial charge is 0.257 e. The second-order valence-electron chi connectivity index (χ2n) is 8.17. The van der Waals surface area contributed by atoms with Gasteiger partial charge in [0.05, 0.1) is 11.4 Å². The number of carbonyl (C=O) groups excluding carboxylic acids is 1. The van der Waals surface area contributed by atoms with Gasteiger partial charge < -0.3 is 9.73 Å². The second-order valence-corrected chi connectivity index (χ2v) is 9.31. The van der Waals surface area contributed by atoms with Crippen molar-refractivity contribution in [1.29, 1.82) is 0 Å². The number of aryl methyl sites for hydroxylation is 2. The van der Waals surface area contributed by atoms with Gasteiger partial charge in [-0.1, -0.05) is 18.2 Å². The van der Waals surface area contributed by atoms with Gasteiger partial charge in [0, 0.05) is 16.5 Å². The molecule has 0 radical (unpaired) electrons. The molecular weight excluding hydrogens is 396 g/mol. The fourth-order valence-corrected chi connectivity index (χ4v) is 5.50. The van der Waals surface area contributed by atoms with Crippen LogP contribution in [0, 0.1) is 5.92 Å². The number of piperidine rings is 1. The Morgan fingerprint density at radius 3 is 2.73 bits per heavy atom. The number of nitrogens with zero attached hydrogens (tertiary/aromatic N) is 3. The van der Waals surface area contributed by atoms with Gasteiger partial charge in [-0.2, -0.15) is 0 Å². The lowest BCUT2D eigenvalue weighted by molar-refractivity contribution is -0.121. The summed E-state index contributed by atoms with van der Waals surface area (Å²) in [6.45, 7) is 2.36. The molecular formula is C23H26N4O2S. The summed E-state index contributed by atoms with van der Waals surface area (Å²) < 4.78 is 5.97. The number of aromatic nitrogens is 2. The minimum Gasteiger partial charge on any atom is -0.419 e. The number of thiophene rings is 1. The number of nitrogens with one attached hydrogen (secondary N) is 1. The van der Waals surface area contributed by atoms with Crippen molar-refractivity contribution in [3.8, 4) is 10.8 Å². The SMILES string of the molecule is O=C(Nc1ccccc1)C1CCN(Cc2nnc(-c3cc4c(s3)CCCC4)o2)CC1. The lowest BCUT2D eigenvalue weighted by Crippen LogP contribution is -2.37. The Kier molecular flexibility index (Phi) is 5.64. The summed E-state index contributed by atoms with van der Waals surface area (Å²) in [5.41, 5.74) is 2.32. The van der Waals surface area contributed by atoms with Crippen molar-refractivity contribution in [2.45, 2.75) is 45.1 Å². The summed E-state index contributed by atoms with van der Waals surface area (Å²) in [4.78, 5) is 17.4. The number of benzene rings is 1. The highest BCUT2D eigenvalue weighted by Crippen LogP contribution is 2.35. The predicted octanol–water partition coefficient (Wildman–Crippen LogP) is 4.53. The standard InChI is InChI=1S/C23H26N4O2S/c28-22(24-18-7-2-1-3-8-18)16-10-12-27(13-11-16)15-21-25-26-23(29-21)20-14-17-6-4-5-9-19(17)30-20/h1-3,7-8,14,16H,4-6,9-13,15H2,(H,24,28). The van der Waals surface area contributed by atoms with E-state index in [2.05, 4.69) is 26.5 Å². The van der Waals surface area contributed by atoms with Crippen LogP contribution in [0.25, 0.3) is 10.8 Å². The van der Waals surface area contributed by atoms with Crippen molar-refractivity contribution in [3.05, 3.63) is 52.7 Å². The molecule has 1 aliphatic carbocycles. The molecule has 1 saturated heterocycles. The van der Waals surface area contributed by atoms with Gasteiger partial charge in [0.25, 0.3) is 5.89 Å². The normalized spacial score (nSPS) is 17.6. The van der Waals surface area contributed by atoms with E-state index in [9.17, 15) is 4.79 Å². The average molecular weight is 423 g/mol. The zero-order valence-electron chi connectivity index (χ0n) is 17.0. The highest BCUT2D eigenvalue weighted by Gasteiger charge is 2.26. The number of fused-ring (bicyclic) bond motifs is 1. The Bertz CT molecular complexity index is 982. The molecule has 3 aromatic rings. The largest absolute Gasteiger partial charge is 0.419 e. The Hall–Kier alpha value is -2.51. The minimum atomic E-state index is 0.0529. The molecule has 1 aliphatic heterocycles. The summed E-state index contributed by atoms with van der Waals surface area (Å²) in [6.07, 6.45) is 6.58. The molecule has 2 aromatic heterocycles. The van der Waals surface area contributed by atoms with Gasteiger partial charge in [-0.25, -0.2) is 0 Å². The molecule has 0 saturated carbocycles. The van der Waals surface area contributed by atoms with E-state index in [1.165, 1.54) is 36.1 Å². The van der Waals surface area contributed by atoms with Crippen molar-refractivity contribution >= 4 is 22.9 Å². The van der Waals surface area contributed by atoms with Gasteiger partial charge in [-0.3, -0.25) is 9.69 Å². The summed E-state index contributed by atoms with van der Waals surface area (Å²) in [5, 5.41) is 11.6. The third-order valence-electron chi connectivity index (χ3n) is 6.03. The monoisotopic (exact) mass is 422 g/mol. The Balaban J connectivity index is 1.14. The fourth-order valence-electron chi connectivity index (χ4n) is 4.32. The van der Waals surface area contributed by atoms with Crippen molar-refractivity contribution in [3.63, 3.8) is 0 Å². The van der Waals surface area contributed by atoms with E-state index in [0.717, 1.165) is 36.5 Å². The molecule has 2 aliphatic rings. The maximum Gasteiger partial charge on any atom is 0.257 e. The third kappa shape index (κ3) is 4.32. The molecule has 6 nitrogen and oxygen atoms in total. The summed E-state index contributed by atoms with van der Waals surface area (Å²) in [6, 6.07) is 11.9. The summed E-state index contributed by atoms with van der Waals surface area (Å²) >= 11 is 1.80. The molecule has 1 fully saturated rings. The lowest BCUT2D eigenvalue weighted by atomic mass is 9.96. The molecule has 156 valence electrons. The first-order valence-electron chi connectivity index (χ1n) is 10.8. The number of hydrogen-bond donors (Lipinski definition) is 1. The highest BCUT2D eigenvalue weighted by atomic mass is 32.1. The first kappa shape index (κ1) is 19.5. The third-order valence-corrected chi connectivity index (χ3v) is 7.26. The van der Waals surface area contributed by atoms with Crippen LogP contribution in [-0.2, 0) is 24.2 Å².